The number of carbonyl (C=O) groups excluding carboxylic acids is 1. The van der Waals surface area contributed by atoms with Gasteiger partial charge in [-0.2, -0.15) is 0 Å². The fraction of sp³-hybridized carbons (Fsp3) is 0.235. The molecule has 4 heteroatoms. The molecule has 2 aromatic rings. The second-order valence-corrected chi connectivity index (χ2v) is 4.32. The Morgan fingerprint density at radius 1 is 1.00 bits per heavy atom. The predicted octanol–water partition coefficient (Wildman–Crippen LogP) is 3.45. The van der Waals surface area contributed by atoms with Crippen LogP contribution in [0.15, 0.2) is 48.5 Å². The van der Waals surface area contributed by atoms with Crippen molar-refractivity contribution in [3.8, 4) is 11.5 Å². The van der Waals surface area contributed by atoms with E-state index in [-0.39, 0.29) is 6.79 Å². The first-order valence-electron chi connectivity index (χ1n) is 6.80. The largest absolute Gasteiger partial charge is 0.490 e. The van der Waals surface area contributed by atoms with E-state index >= 15 is 0 Å². The van der Waals surface area contributed by atoms with E-state index in [0.29, 0.717) is 30.3 Å². The molecule has 0 fully saturated rings. The second-order valence-electron chi connectivity index (χ2n) is 4.32. The molecule has 0 amide bonds. The van der Waals surface area contributed by atoms with Crippen LogP contribution >= 0.6 is 0 Å². The van der Waals surface area contributed by atoms with Crippen LogP contribution < -0.4 is 9.47 Å². The topological polar surface area (TPSA) is 44.8 Å². The quantitative estimate of drug-likeness (QED) is 0.423. The van der Waals surface area contributed by atoms with Gasteiger partial charge in [0.1, 0.15) is 0 Å². The lowest BCUT2D eigenvalue weighted by molar-refractivity contribution is 0.00322. The minimum atomic E-state index is 0.0554. The number of hydrogen-bond acceptors (Lipinski definition) is 4. The second kappa shape index (κ2) is 8.07. The van der Waals surface area contributed by atoms with Crippen molar-refractivity contribution >= 4 is 6.29 Å². The van der Waals surface area contributed by atoms with E-state index in [1.165, 1.54) is 0 Å². The molecule has 0 saturated carbocycles. The molecule has 0 bridgehead atoms. The standard InChI is InChI=1S/C17H18O4/c1-2-20-16-10-6-9-15(11-18)17(16)21-13-19-12-14-7-4-3-5-8-14/h3-11H,2,12-13H2,1H3. The molecule has 0 atom stereocenters. The smallest absolute Gasteiger partial charge is 0.189 e. The van der Waals surface area contributed by atoms with Crippen molar-refractivity contribution in [3.63, 3.8) is 0 Å². The summed E-state index contributed by atoms with van der Waals surface area (Å²) in [6.07, 6.45) is 0.745. The number of carbonyl (C=O) groups is 1. The molecule has 0 aliphatic heterocycles. The van der Waals surface area contributed by atoms with Crippen molar-refractivity contribution in [1.29, 1.82) is 0 Å². The fourth-order valence-electron chi connectivity index (χ4n) is 1.88. The summed E-state index contributed by atoms with van der Waals surface area (Å²) >= 11 is 0. The van der Waals surface area contributed by atoms with Crippen LogP contribution in [0.5, 0.6) is 11.5 Å². The summed E-state index contributed by atoms with van der Waals surface area (Å²) in [6, 6.07) is 15.0. The Balaban J connectivity index is 1.94. The van der Waals surface area contributed by atoms with Gasteiger partial charge in [-0.25, -0.2) is 0 Å². The molecule has 0 heterocycles. The lowest BCUT2D eigenvalue weighted by Gasteiger charge is -2.13. The highest BCUT2D eigenvalue weighted by Gasteiger charge is 2.10. The number of rotatable bonds is 8. The molecule has 0 radical (unpaired) electrons. The van der Waals surface area contributed by atoms with Crippen molar-refractivity contribution in [2.24, 2.45) is 0 Å². The van der Waals surface area contributed by atoms with Gasteiger partial charge in [0.05, 0.1) is 18.8 Å². The lowest BCUT2D eigenvalue weighted by Crippen LogP contribution is -2.06. The van der Waals surface area contributed by atoms with Crippen LogP contribution in [0.4, 0.5) is 0 Å². The summed E-state index contributed by atoms with van der Waals surface area (Å²) in [5.41, 5.74) is 1.51. The van der Waals surface area contributed by atoms with E-state index in [2.05, 4.69) is 0 Å². The Morgan fingerprint density at radius 2 is 1.81 bits per heavy atom. The third kappa shape index (κ3) is 4.33. The minimum absolute atomic E-state index is 0.0554. The number of aldehydes is 1. The van der Waals surface area contributed by atoms with Crippen LogP contribution in [0.25, 0.3) is 0 Å². The zero-order chi connectivity index (χ0) is 14.9. The summed E-state index contributed by atoms with van der Waals surface area (Å²) in [7, 11) is 0. The predicted molar refractivity (Wildman–Crippen MR) is 79.7 cm³/mol. The number of hydrogen-bond donors (Lipinski definition) is 0. The molecule has 0 saturated heterocycles. The lowest BCUT2D eigenvalue weighted by atomic mass is 10.2. The van der Waals surface area contributed by atoms with Crippen molar-refractivity contribution in [2.75, 3.05) is 13.4 Å². The van der Waals surface area contributed by atoms with Gasteiger partial charge in [0, 0.05) is 0 Å². The highest BCUT2D eigenvalue weighted by molar-refractivity contribution is 5.81. The Bertz CT molecular complexity index is 566. The third-order valence-corrected chi connectivity index (χ3v) is 2.83. The maximum atomic E-state index is 11.1. The van der Waals surface area contributed by atoms with E-state index < -0.39 is 0 Å². The van der Waals surface area contributed by atoms with Crippen molar-refractivity contribution in [3.05, 3.63) is 59.7 Å². The van der Waals surface area contributed by atoms with Gasteiger partial charge in [0.15, 0.2) is 24.6 Å². The van der Waals surface area contributed by atoms with Gasteiger partial charge < -0.3 is 14.2 Å². The van der Waals surface area contributed by atoms with Gasteiger partial charge in [0.2, 0.25) is 0 Å². The third-order valence-electron chi connectivity index (χ3n) is 2.83. The molecule has 0 aromatic heterocycles. The summed E-state index contributed by atoms with van der Waals surface area (Å²) in [4.78, 5) is 11.1. The normalized spacial score (nSPS) is 10.1. The van der Waals surface area contributed by atoms with Crippen LogP contribution in [0.3, 0.4) is 0 Å². The van der Waals surface area contributed by atoms with Crippen LogP contribution in [0.2, 0.25) is 0 Å². The molecular formula is C17H18O4. The Labute approximate surface area is 124 Å². The summed E-state index contributed by atoms with van der Waals surface area (Å²) in [6.45, 7) is 2.89. The van der Waals surface area contributed by atoms with Gasteiger partial charge in [-0.1, -0.05) is 36.4 Å². The highest BCUT2D eigenvalue weighted by atomic mass is 16.7. The Hall–Kier alpha value is -2.33. The Kier molecular flexibility index (Phi) is 5.79. The van der Waals surface area contributed by atoms with Crippen LogP contribution in [-0.2, 0) is 11.3 Å². The summed E-state index contributed by atoms with van der Waals surface area (Å²) in [5.74, 6) is 0.966. The van der Waals surface area contributed by atoms with Gasteiger partial charge in [-0.15, -0.1) is 0 Å². The van der Waals surface area contributed by atoms with E-state index in [4.69, 9.17) is 14.2 Å². The SMILES string of the molecule is CCOc1cccc(C=O)c1OCOCc1ccccc1. The molecule has 110 valence electrons. The summed E-state index contributed by atoms with van der Waals surface area (Å²) in [5, 5.41) is 0. The summed E-state index contributed by atoms with van der Waals surface area (Å²) < 4.78 is 16.5. The van der Waals surface area contributed by atoms with Crippen LogP contribution in [-0.4, -0.2) is 19.7 Å². The van der Waals surface area contributed by atoms with Gasteiger partial charge in [-0.3, -0.25) is 4.79 Å². The first-order valence-corrected chi connectivity index (χ1v) is 6.80. The molecule has 2 rings (SSSR count). The van der Waals surface area contributed by atoms with Crippen LogP contribution in [0, 0.1) is 0 Å². The molecule has 0 N–H and O–H groups in total. The molecular weight excluding hydrogens is 268 g/mol. The molecule has 2 aromatic carbocycles. The molecule has 0 spiro atoms. The van der Waals surface area contributed by atoms with Gasteiger partial charge in [-0.05, 0) is 24.6 Å². The average Bonchev–Trinajstić information content (AvgIpc) is 2.53. The van der Waals surface area contributed by atoms with Crippen LogP contribution in [0.1, 0.15) is 22.8 Å². The van der Waals surface area contributed by atoms with Crippen molar-refractivity contribution in [1.82, 2.24) is 0 Å². The van der Waals surface area contributed by atoms with E-state index in [1.54, 1.807) is 18.2 Å². The number of para-hydroxylation sites is 1. The van der Waals surface area contributed by atoms with E-state index in [1.807, 2.05) is 37.3 Å². The molecule has 0 unspecified atom stereocenters. The molecule has 4 nitrogen and oxygen atoms in total. The average molecular weight is 286 g/mol. The van der Waals surface area contributed by atoms with Gasteiger partial charge in [0.25, 0.3) is 0 Å². The van der Waals surface area contributed by atoms with E-state index in [9.17, 15) is 4.79 Å². The first-order chi connectivity index (χ1) is 10.3. The number of benzene rings is 2. The number of ether oxygens (including phenoxy) is 3. The maximum absolute atomic E-state index is 11.1. The van der Waals surface area contributed by atoms with Gasteiger partial charge >= 0.3 is 0 Å². The zero-order valence-electron chi connectivity index (χ0n) is 12.0. The Morgan fingerprint density at radius 3 is 2.52 bits per heavy atom. The zero-order valence-corrected chi connectivity index (χ0v) is 12.0. The fourth-order valence-corrected chi connectivity index (χ4v) is 1.88. The van der Waals surface area contributed by atoms with Crippen molar-refractivity contribution in [2.45, 2.75) is 13.5 Å². The molecule has 0 aliphatic rings. The monoisotopic (exact) mass is 286 g/mol. The minimum Gasteiger partial charge on any atom is -0.490 e. The highest BCUT2D eigenvalue weighted by Crippen LogP contribution is 2.30. The first kappa shape index (κ1) is 15.1. The maximum Gasteiger partial charge on any atom is 0.189 e. The molecule has 0 aliphatic carbocycles. The van der Waals surface area contributed by atoms with E-state index in [0.717, 1.165) is 11.8 Å². The molecule has 21 heavy (non-hydrogen) atoms. The van der Waals surface area contributed by atoms with Crippen molar-refractivity contribution < 1.29 is 19.0 Å².